The van der Waals surface area contributed by atoms with Gasteiger partial charge in [0.25, 0.3) is 5.91 Å². The van der Waals surface area contributed by atoms with E-state index in [1.807, 2.05) is 25.1 Å². The minimum atomic E-state index is -0.640. The molecule has 0 aliphatic heterocycles. The molecule has 0 saturated heterocycles. The fraction of sp³-hybridized carbons (Fsp3) is 0.105. The van der Waals surface area contributed by atoms with Crippen LogP contribution >= 0.6 is 0 Å². The highest BCUT2D eigenvalue weighted by molar-refractivity contribution is 6.10. The summed E-state index contributed by atoms with van der Waals surface area (Å²) in [5.41, 5.74) is 2.28. The van der Waals surface area contributed by atoms with Gasteiger partial charge >= 0.3 is 5.82 Å². The van der Waals surface area contributed by atoms with Gasteiger partial charge in [-0.25, -0.2) is 0 Å². The maximum absolute atomic E-state index is 12.6. The minimum absolute atomic E-state index is 0.221. The lowest BCUT2D eigenvalue weighted by Crippen LogP contribution is -2.22. The number of carbonyl (C=O) groups excluding carboxylic acids is 2. The van der Waals surface area contributed by atoms with E-state index >= 15 is 0 Å². The lowest BCUT2D eigenvalue weighted by molar-refractivity contribution is -0.389. The summed E-state index contributed by atoms with van der Waals surface area (Å²) in [4.78, 5) is 34.9. The summed E-state index contributed by atoms with van der Waals surface area (Å²) in [5.74, 6) is -1.17. The van der Waals surface area contributed by atoms with E-state index in [1.54, 1.807) is 30.3 Å². The first-order valence-corrected chi connectivity index (χ1v) is 8.37. The maximum Gasteiger partial charge on any atom is 0.389 e. The number of aryl methyl sites for hydroxylation is 1. The third kappa shape index (κ3) is 4.58. The topological polar surface area (TPSA) is 119 Å². The van der Waals surface area contributed by atoms with Crippen LogP contribution < -0.4 is 10.6 Å². The number of anilines is 2. The fourth-order valence-corrected chi connectivity index (χ4v) is 2.58. The number of amides is 2. The molecule has 2 aromatic carbocycles. The molecule has 0 bridgehead atoms. The van der Waals surface area contributed by atoms with E-state index in [9.17, 15) is 19.7 Å². The molecule has 2 N–H and O–H groups in total. The minimum Gasteiger partial charge on any atom is -0.358 e. The van der Waals surface area contributed by atoms with Crippen molar-refractivity contribution in [1.82, 2.24) is 9.78 Å². The highest BCUT2D eigenvalue weighted by Crippen LogP contribution is 2.18. The Bertz CT molecular complexity index is 1040. The Morgan fingerprint density at radius 1 is 1.11 bits per heavy atom. The number of nitrogens with one attached hydrogen (secondary N) is 2. The predicted molar refractivity (Wildman–Crippen MR) is 103 cm³/mol. The zero-order chi connectivity index (χ0) is 20.1. The second-order valence-corrected chi connectivity index (χ2v) is 6.05. The molecule has 0 unspecified atom stereocenters. The van der Waals surface area contributed by atoms with E-state index in [0.717, 1.165) is 10.2 Å². The van der Waals surface area contributed by atoms with Gasteiger partial charge in [-0.05, 0) is 41.7 Å². The number of benzene rings is 2. The van der Waals surface area contributed by atoms with Gasteiger partial charge in [0.05, 0.1) is 28.6 Å². The number of aromatic nitrogens is 2. The van der Waals surface area contributed by atoms with Crippen molar-refractivity contribution in [2.24, 2.45) is 0 Å². The summed E-state index contributed by atoms with van der Waals surface area (Å²) in [7, 11) is 0. The van der Waals surface area contributed by atoms with Gasteiger partial charge in [-0.1, -0.05) is 24.3 Å². The van der Waals surface area contributed by atoms with Gasteiger partial charge in [0.1, 0.15) is 6.54 Å². The van der Waals surface area contributed by atoms with Crippen LogP contribution in [0, 0.1) is 17.0 Å². The molecule has 1 aromatic heterocycles. The smallest absolute Gasteiger partial charge is 0.358 e. The molecule has 142 valence electrons. The van der Waals surface area contributed by atoms with E-state index < -0.39 is 10.8 Å². The number of rotatable bonds is 6. The van der Waals surface area contributed by atoms with Crippen molar-refractivity contribution in [2.45, 2.75) is 13.5 Å². The molecule has 9 heteroatoms. The molecule has 3 aromatic rings. The van der Waals surface area contributed by atoms with Gasteiger partial charge in [-0.2, -0.15) is 4.68 Å². The lowest BCUT2D eigenvalue weighted by atomic mass is 10.1. The van der Waals surface area contributed by atoms with E-state index in [4.69, 9.17) is 0 Å². The maximum atomic E-state index is 12.6. The van der Waals surface area contributed by atoms with Crippen LogP contribution in [0.2, 0.25) is 0 Å². The van der Waals surface area contributed by atoms with E-state index in [2.05, 4.69) is 15.7 Å². The molecule has 0 atom stereocenters. The summed E-state index contributed by atoms with van der Waals surface area (Å²) >= 11 is 0. The zero-order valence-corrected chi connectivity index (χ0v) is 15.0. The van der Waals surface area contributed by atoms with Gasteiger partial charge in [-0.3, -0.25) is 9.59 Å². The Morgan fingerprint density at radius 2 is 1.89 bits per heavy atom. The molecule has 3 rings (SSSR count). The fourth-order valence-electron chi connectivity index (χ4n) is 2.58. The predicted octanol–water partition coefficient (Wildman–Crippen LogP) is 2.99. The van der Waals surface area contributed by atoms with Crippen molar-refractivity contribution in [3.8, 4) is 0 Å². The molecule has 2 amide bonds. The van der Waals surface area contributed by atoms with Crippen LogP contribution in [-0.2, 0) is 11.3 Å². The van der Waals surface area contributed by atoms with Crippen molar-refractivity contribution >= 4 is 29.0 Å². The van der Waals surface area contributed by atoms with Crippen molar-refractivity contribution < 1.29 is 14.5 Å². The Kier molecular flexibility index (Phi) is 5.45. The van der Waals surface area contributed by atoms with Gasteiger partial charge in [0.2, 0.25) is 5.91 Å². The number of nitrogens with zero attached hydrogens (tertiary/aromatic N) is 3. The Morgan fingerprint density at radius 3 is 2.61 bits per heavy atom. The second kappa shape index (κ2) is 8.12. The molecule has 28 heavy (non-hydrogen) atoms. The highest BCUT2D eigenvalue weighted by atomic mass is 16.6. The number of hydrogen-bond acceptors (Lipinski definition) is 5. The van der Waals surface area contributed by atoms with Crippen molar-refractivity contribution in [2.75, 3.05) is 10.6 Å². The van der Waals surface area contributed by atoms with Crippen molar-refractivity contribution in [3.63, 3.8) is 0 Å². The first-order chi connectivity index (χ1) is 13.4. The SMILES string of the molecule is Cc1cccc(NC(=O)c2ccccc2NC(=O)Cn2ccc([N+](=O)[O-])n2)c1. The standard InChI is InChI=1S/C19H17N5O4/c1-13-5-4-6-14(11-13)20-19(26)15-7-2-3-8-16(15)21-18(25)12-23-10-9-17(22-23)24(27)28/h2-11H,12H2,1H3,(H,20,26)(H,21,25). The van der Waals surface area contributed by atoms with Crippen LogP contribution in [0.4, 0.5) is 17.2 Å². The zero-order valence-electron chi connectivity index (χ0n) is 15.0. The molecule has 0 aliphatic rings. The van der Waals surface area contributed by atoms with E-state index in [-0.39, 0.29) is 18.3 Å². The van der Waals surface area contributed by atoms with Crippen LogP contribution in [-0.4, -0.2) is 26.5 Å². The summed E-state index contributed by atoms with van der Waals surface area (Å²) < 4.78 is 1.16. The van der Waals surface area contributed by atoms with Gasteiger partial charge in [-0.15, -0.1) is 0 Å². The number of carbonyl (C=O) groups is 2. The van der Waals surface area contributed by atoms with Gasteiger partial charge in [0, 0.05) is 5.69 Å². The molecular formula is C19H17N5O4. The number of hydrogen-bond donors (Lipinski definition) is 2. The number of para-hydroxylation sites is 1. The monoisotopic (exact) mass is 379 g/mol. The largest absolute Gasteiger partial charge is 0.389 e. The molecule has 0 radical (unpaired) electrons. The Hall–Kier alpha value is -4.01. The van der Waals surface area contributed by atoms with Crippen LogP contribution in [0.15, 0.2) is 60.8 Å². The average Bonchev–Trinajstić information content (AvgIpc) is 3.11. The third-order valence-electron chi connectivity index (χ3n) is 3.84. The van der Waals surface area contributed by atoms with Gasteiger partial charge < -0.3 is 20.7 Å². The van der Waals surface area contributed by atoms with E-state index in [1.165, 1.54) is 12.3 Å². The summed E-state index contributed by atoms with van der Waals surface area (Å²) in [6, 6.07) is 15.2. The molecule has 0 aliphatic carbocycles. The molecule has 0 spiro atoms. The molecule has 0 fully saturated rings. The van der Waals surface area contributed by atoms with Gasteiger partial charge in [0.15, 0.2) is 0 Å². The van der Waals surface area contributed by atoms with E-state index in [0.29, 0.717) is 16.9 Å². The molecule has 9 nitrogen and oxygen atoms in total. The third-order valence-corrected chi connectivity index (χ3v) is 3.84. The first kappa shape index (κ1) is 18.8. The molecular weight excluding hydrogens is 362 g/mol. The quantitative estimate of drug-likeness (QED) is 0.504. The van der Waals surface area contributed by atoms with Crippen LogP contribution in [0.25, 0.3) is 0 Å². The first-order valence-electron chi connectivity index (χ1n) is 8.37. The summed E-state index contributed by atoms with van der Waals surface area (Å²) in [5, 5.41) is 19.8. The Labute approximate surface area is 160 Å². The summed E-state index contributed by atoms with van der Waals surface area (Å²) in [6.45, 7) is 1.70. The molecule has 1 heterocycles. The van der Waals surface area contributed by atoms with Crippen LogP contribution in [0.3, 0.4) is 0 Å². The highest BCUT2D eigenvalue weighted by Gasteiger charge is 2.16. The lowest BCUT2D eigenvalue weighted by Gasteiger charge is -2.11. The van der Waals surface area contributed by atoms with Crippen molar-refractivity contribution in [3.05, 3.63) is 82.0 Å². The number of nitro groups is 1. The van der Waals surface area contributed by atoms with Crippen LogP contribution in [0.1, 0.15) is 15.9 Å². The Balaban J connectivity index is 1.71. The normalized spacial score (nSPS) is 10.3. The van der Waals surface area contributed by atoms with Crippen LogP contribution in [0.5, 0.6) is 0 Å². The molecule has 0 saturated carbocycles. The summed E-state index contributed by atoms with van der Waals surface area (Å²) in [6.07, 6.45) is 1.34. The average molecular weight is 379 g/mol. The van der Waals surface area contributed by atoms with Crippen molar-refractivity contribution in [1.29, 1.82) is 0 Å². The second-order valence-electron chi connectivity index (χ2n) is 6.05.